The lowest BCUT2D eigenvalue weighted by atomic mass is 10.1. The van der Waals surface area contributed by atoms with Crippen LogP contribution in [0.2, 0.25) is 0 Å². The third kappa shape index (κ3) is 7.76. The average molecular weight is 531 g/mol. The van der Waals surface area contributed by atoms with E-state index in [0.29, 0.717) is 28.5 Å². The quantitative estimate of drug-likeness (QED) is 0.148. The van der Waals surface area contributed by atoms with Crippen molar-refractivity contribution in [3.8, 4) is 28.7 Å². The fourth-order valence-corrected chi connectivity index (χ4v) is 3.55. The van der Waals surface area contributed by atoms with E-state index in [9.17, 15) is 0 Å². The lowest BCUT2D eigenvalue weighted by Crippen LogP contribution is -2.08. The van der Waals surface area contributed by atoms with Gasteiger partial charge in [0.2, 0.25) is 0 Å². The third-order valence-corrected chi connectivity index (χ3v) is 5.46. The molecule has 0 spiro atoms. The van der Waals surface area contributed by atoms with Crippen molar-refractivity contribution < 1.29 is 18.7 Å². The Hall–Kier alpha value is -4.96. The van der Waals surface area contributed by atoms with E-state index in [1.165, 1.54) is 7.11 Å². The number of rotatable bonds is 4. The zero-order valence-electron chi connectivity index (χ0n) is 22.5. The smallest absolute Gasteiger partial charge is 0.188 e. The monoisotopic (exact) mass is 530 g/mol. The van der Waals surface area contributed by atoms with Gasteiger partial charge in [-0.25, -0.2) is 4.98 Å². The molecule has 0 amide bonds. The number of nitrogen functional groups attached to an aromatic ring is 3. The largest absolute Gasteiger partial charge is 0.497 e. The molecular weight excluding hydrogens is 496 g/mol. The second-order valence-electron chi connectivity index (χ2n) is 8.33. The normalized spacial score (nSPS) is 10.7. The van der Waals surface area contributed by atoms with Gasteiger partial charge in [0.25, 0.3) is 0 Å². The van der Waals surface area contributed by atoms with E-state index < -0.39 is 0 Å². The van der Waals surface area contributed by atoms with Crippen molar-refractivity contribution in [3.63, 3.8) is 0 Å². The average Bonchev–Trinajstić information content (AvgIpc) is 2.93. The van der Waals surface area contributed by atoms with Crippen molar-refractivity contribution in [2.24, 2.45) is 10.9 Å². The number of ether oxygens (including phenoxy) is 2. The van der Waals surface area contributed by atoms with E-state index in [1.807, 2.05) is 56.3 Å². The maximum atomic E-state index is 5.87. The highest BCUT2D eigenvalue weighted by atomic mass is 16.6. The molecule has 1 aliphatic heterocycles. The zero-order chi connectivity index (χ0) is 28.4. The molecule has 2 aliphatic rings. The minimum atomic E-state index is 0.474. The second kappa shape index (κ2) is 13.5. The Morgan fingerprint density at radius 3 is 2.18 bits per heavy atom. The van der Waals surface area contributed by atoms with Crippen LogP contribution in [0.4, 0.5) is 17.1 Å². The molecule has 0 unspecified atom stereocenters. The Morgan fingerprint density at radius 1 is 0.821 bits per heavy atom. The second-order valence-corrected chi connectivity index (χ2v) is 8.33. The molecule has 39 heavy (non-hydrogen) atoms. The molecule has 10 nitrogen and oxygen atoms in total. The molecule has 0 atom stereocenters. The van der Waals surface area contributed by atoms with E-state index >= 15 is 0 Å². The van der Waals surface area contributed by atoms with E-state index in [4.69, 9.17) is 37.0 Å². The fraction of sp³-hybridized carbons (Fsp3) is 0.172. The van der Waals surface area contributed by atoms with Gasteiger partial charge >= 0.3 is 0 Å². The van der Waals surface area contributed by atoms with Gasteiger partial charge < -0.3 is 35.9 Å². The van der Waals surface area contributed by atoms with Crippen LogP contribution in [-0.2, 0) is 0 Å². The van der Waals surface area contributed by atoms with E-state index in [-0.39, 0.29) is 0 Å². The Labute approximate surface area is 227 Å². The van der Waals surface area contributed by atoms with Crippen LogP contribution in [0.5, 0.6) is 17.2 Å². The SMILES string of the molecule is CCN=c1cc2oc3cc(N)ccc3nc-2cc1C.COc1cc(N)ccc1ON.COc1cccc(N)c1. The van der Waals surface area contributed by atoms with Gasteiger partial charge in [0, 0.05) is 47.9 Å². The minimum absolute atomic E-state index is 0.474. The number of hydrogen-bond acceptors (Lipinski definition) is 10. The van der Waals surface area contributed by atoms with Gasteiger partial charge in [-0.1, -0.05) is 6.07 Å². The van der Waals surface area contributed by atoms with Crippen LogP contribution >= 0.6 is 0 Å². The van der Waals surface area contributed by atoms with Crippen LogP contribution in [0.3, 0.4) is 0 Å². The molecule has 1 heterocycles. The van der Waals surface area contributed by atoms with Crippen molar-refractivity contribution in [1.29, 1.82) is 0 Å². The summed E-state index contributed by atoms with van der Waals surface area (Å²) >= 11 is 0. The van der Waals surface area contributed by atoms with E-state index in [1.54, 1.807) is 37.4 Å². The lowest BCUT2D eigenvalue weighted by molar-refractivity contribution is 0.306. The number of benzene rings is 4. The van der Waals surface area contributed by atoms with Crippen molar-refractivity contribution in [3.05, 3.63) is 83.7 Å². The molecule has 5 rings (SSSR count). The Kier molecular flexibility index (Phi) is 9.94. The summed E-state index contributed by atoms with van der Waals surface area (Å²) in [6.07, 6.45) is 0. The van der Waals surface area contributed by atoms with Crippen molar-refractivity contribution in [2.45, 2.75) is 13.8 Å². The van der Waals surface area contributed by atoms with Crippen LogP contribution in [0.15, 0.2) is 82.2 Å². The van der Waals surface area contributed by atoms with Gasteiger partial charge in [-0.15, -0.1) is 0 Å². The molecule has 1 aliphatic carbocycles. The standard InChI is InChI=1S/C15H15N3O.C7H10N2O2.C7H9NO/c1-3-17-12-8-15-13(6-9(12)2)18-11-5-4-10(16)7-14(11)19-15;1-10-7-4-5(8)2-3-6(7)11-9;1-9-7-4-2-3-6(8)5-7/h4-8H,3,16H2,1-2H3;2-4H,8-9H2,1H3;2-5H,8H2,1H3. The van der Waals surface area contributed by atoms with Gasteiger partial charge in [-0.2, -0.15) is 5.90 Å². The summed E-state index contributed by atoms with van der Waals surface area (Å²) in [6, 6.07) is 21.7. The Balaban J connectivity index is 0.000000179. The molecule has 0 radical (unpaired) electrons. The summed E-state index contributed by atoms with van der Waals surface area (Å²) in [7, 11) is 3.14. The highest BCUT2D eigenvalue weighted by molar-refractivity contribution is 5.79. The summed E-state index contributed by atoms with van der Waals surface area (Å²) in [6.45, 7) is 4.79. The molecule has 0 saturated carbocycles. The first-order chi connectivity index (χ1) is 18.8. The highest BCUT2D eigenvalue weighted by Crippen LogP contribution is 2.28. The molecule has 8 N–H and O–H groups in total. The molecule has 10 heteroatoms. The molecule has 0 bridgehead atoms. The van der Waals surface area contributed by atoms with Gasteiger partial charge in [0.05, 0.1) is 19.6 Å². The van der Waals surface area contributed by atoms with Crippen LogP contribution in [0.1, 0.15) is 12.5 Å². The molecule has 0 fully saturated rings. The maximum absolute atomic E-state index is 5.87. The molecule has 3 aromatic rings. The maximum Gasteiger partial charge on any atom is 0.188 e. The van der Waals surface area contributed by atoms with Crippen LogP contribution in [0, 0.1) is 6.92 Å². The topological polar surface area (TPSA) is 170 Å². The molecule has 204 valence electrons. The van der Waals surface area contributed by atoms with Crippen LogP contribution in [0.25, 0.3) is 22.6 Å². The first-order valence-corrected chi connectivity index (χ1v) is 12.1. The highest BCUT2D eigenvalue weighted by Gasteiger charge is 2.10. The predicted molar refractivity (Wildman–Crippen MR) is 156 cm³/mol. The number of aromatic nitrogens is 1. The predicted octanol–water partition coefficient (Wildman–Crippen LogP) is 4.55. The number of fused-ring (bicyclic) bond motifs is 2. The van der Waals surface area contributed by atoms with Crippen molar-refractivity contribution >= 4 is 28.2 Å². The van der Waals surface area contributed by atoms with Crippen LogP contribution < -0.4 is 42.8 Å². The minimum Gasteiger partial charge on any atom is -0.497 e. The summed E-state index contributed by atoms with van der Waals surface area (Å²) in [5.41, 5.74) is 22.2. The Morgan fingerprint density at radius 2 is 1.54 bits per heavy atom. The lowest BCUT2D eigenvalue weighted by Gasteiger charge is -2.08. The van der Waals surface area contributed by atoms with Crippen LogP contribution in [-0.4, -0.2) is 25.7 Å². The molecule has 0 aromatic heterocycles. The van der Waals surface area contributed by atoms with Gasteiger partial charge in [0.1, 0.15) is 17.0 Å². The molecular formula is C29H34N6O4. The van der Waals surface area contributed by atoms with E-state index in [2.05, 4.69) is 14.8 Å². The number of nitrogens with zero attached hydrogens (tertiary/aromatic N) is 2. The summed E-state index contributed by atoms with van der Waals surface area (Å²) in [4.78, 5) is 13.5. The molecule has 0 saturated heterocycles. The first kappa shape index (κ1) is 28.6. The Bertz CT molecular complexity index is 1570. The van der Waals surface area contributed by atoms with E-state index in [0.717, 1.165) is 45.9 Å². The number of methoxy groups -OCH3 is 2. The molecule has 3 aromatic carbocycles. The number of nitrogens with two attached hydrogens (primary N) is 4. The number of aryl methyl sites for hydroxylation is 1. The van der Waals surface area contributed by atoms with Gasteiger partial charge in [0.15, 0.2) is 22.8 Å². The van der Waals surface area contributed by atoms with Crippen molar-refractivity contribution in [1.82, 2.24) is 4.98 Å². The van der Waals surface area contributed by atoms with Gasteiger partial charge in [-0.05, 0) is 61.9 Å². The zero-order valence-corrected chi connectivity index (χ0v) is 22.5. The number of anilines is 3. The van der Waals surface area contributed by atoms with Gasteiger partial charge in [-0.3, -0.25) is 4.99 Å². The third-order valence-electron chi connectivity index (χ3n) is 5.46. The number of hydrogen-bond donors (Lipinski definition) is 4. The fourth-order valence-electron chi connectivity index (χ4n) is 3.55. The summed E-state index contributed by atoms with van der Waals surface area (Å²) in [5, 5.41) is 0.948. The summed E-state index contributed by atoms with van der Waals surface area (Å²) < 4.78 is 15.7. The van der Waals surface area contributed by atoms with Crippen molar-refractivity contribution in [2.75, 3.05) is 38.0 Å². The summed E-state index contributed by atoms with van der Waals surface area (Å²) in [5.74, 6) is 7.50. The first-order valence-electron chi connectivity index (χ1n) is 12.1.